The maximum absolute atomic E-state index is 12.5. The number of benzene rings is 2. The van der Waals surface area contributed by atoms with Crippen LogP contribution in [-0.4, -0.2) is 24.9 Å². The second-order valence-electron chi connectivity index (χ2n) is 4.32. The van der Waals surface area contributed by atoms with Gasteiger partial charge in [0.2, 0.25) is 0 Å². The molecule has 0 atom stereocenters. The molecular formula is C15H12ClNO5. The maximum Gasteiger partial charge on any atom is 0.270 e. The minimum atomic E-state index is -0.582. The Bertz CT molecular complexity index is 745. The summed E-state index contributed by atoms with van der Waals surface area (Å²) in [6.45, 7) is 0. The average Bonchev–Trinajstić information content (AvgIpc) is 2.53. The van der Waals surface area contributed by atoms with E-state index in [-0.39, 0.29) is 16.3 Å². The first-order chi connectivity index (χ1) is 10.5. The highest BCUT2D eigenvalue weighted by atomic mass is 35.5. The summed E-state index contributed by atoms with van der Waals surface area (Å²) in [6, 6.07) is 8.34. The molecule has 0 bridgehead atoms. The number of carbonyl (C=O) groups is 1. The molecule has 0 saturated heterocycles. The Morgan fingerprint density at radius 2 is 1.77 bits per heavy atom. The first-order valence-electron chi connectivity index (χ1n) is 6.18. The predicted molar refractivity (Wildman–Crippen MR) is 81.1 cm³/mol. The van der Waals surface area contributed by atoms with Crippen molar-refractivity contribution in [3.05, 3.63) is 62.7 Å². The second-order valence-corrected chi connectivity index (χ2v) is 4.73. The number of ether oxygens (including phenoxy) is 2. The van der Waals surface area contributed by atoms with Crippen molar-refractivity contribution < 1.29 is 19.2 Å². The lowest BCUT2D eigenvalue weighted by molar-refractivity contribution is -0.384. The Morgan fingerprint density at radius 1 is 1.09 bits per heavy atom. The maximum atomic E-state index is 12.5. The summed E-state index contributed by atoms with van der Waals surface area (Å²) < 4.78 is 10.2. The molecule has 0 N–H and O–H groups in total. The summed E-state index contributed by atoms with van der Waals surface area (Å²) in [5, 5.41) is 11.0. The number of hydrogen-bond acceptors (Lipinski definition) is 5. The molecule has 2 rings (SSSR count). The summed E-state index contributed by atoms with van der Waals surface area (Å²) in [6.07, 6.45) is 0. The number of nitro benzene ring substituents is 1. The molecule has 0 heterocycles. The smallest absolute Gasteiger partial charge is 0.270 e. The fourth-order valence-corrected chi connectivity index (χ4v) is 2.14. The van der Waals surface area contributed by atoms with E-state index in [9.17, 15) is 14.9 Å². The molecule has 0 aliphatic heterocycles. The van der Waals surface area contributed by atoms with Crippen LogP contribution in [0, 0.1) is 10.1 Å². The van der Waals surface area contributed by atoms with Crippen molar-refractivity contribution in [2.45, 2.75) is 0 Å². The number of hydrogen-bond donors (Lipinski definition) is 0. The quantitative estimate of drug-likeness (QED) is 0.478. The Labute approximate surface area is 131 Å². The van der Waals surface area contributed by atoms with Crippen molar-refractivity contribution in [2.75, 3.05) is 14.2 Å². The number of nitro groups is 1. The summed E-state index contributed by atoms with van der Waals surface area (Å²) in [5.74, 6) is 0.425. The predicted octanol–water partition coefficient (Wildman–Crippen LogP) is 3.50. The van der Waals surface area contributed by atoms with E-state index in [1.165, 1.54) is 32.4 Å². The lowest BCUT2D eigenvalue weighted by Crippen LogP contribution is -2.04. The number of carbonyl (C=O) groups excluding carboxylic acids is 1. The Kier molecular flexibility index (Phi) is 4.62. The van der Waals surface area contributed by atoms with Crippen molar-refractivity contribution in [3.63, 3.8) is 0 Å². The molecular weight excluding hydrogens is 310 g/mol. The summed E-state index contributed by atoms with van der Waals surface area (Å²) >= 11 is 5.98. The Balaban J connectivity index is 2.48. The standard InChI is InChI=1S/C15H12ClNO5/c1-21-13-6-3-9(7-14(13)22-2)15(18)11-8-10(17(19)20)4-5-12(11)16/h3-8H,1-2H3. The van der Waals surface area contributed by atoms with Gasteiger partial charge in [-0.2, -0.15) is 0 Å². The molecule has 0 aromatic heterocycles. The van der Waals surface area contributed by atoms with Crippen LogP contribution in [0.3, 0.4) is 0 Å². The van der Waals surface area contributed by atoms with E-state index in [1.54, 1.807) is 12.1 Å². The van der Waals surface area contributed by atoms with Gasteiger partial charge in [-0.1, -0.05) is 11.6 Å². The van der Waals surface area contributed by atoms with E-state index in [0.717, 1.165) is 6.07 Å². The van der Waals surface area contributed by atoms with Gasteiger partial charge in [0, 0.05) is 23.3 Å². The molecule has 0 unspecified atom stereocenters. The van der Waals surface area contributed by atoms with Gasteiger partial charge in [0.25, 0.3) is 5.69 Å². The van der Waals surface area contributed by atoms with Crippen molar-refractivity contribution in [3.8, 4) is 11.5 Å². The van der Waals surface area contributed by atoms with Crippen LogP contribution in [0.25, 0.3) is 0 Å². The van der Waals surface area contributed by atoms with Gasteiger partial charge < -0.3 is 9.47 Å². The van der Waals surface area contributed by atoms with Gasteiger partial charge in [-0.05, 0) is 24.3 Å². The van der Waals surface area contributed by atoms with Crippen molar-refractivity contribution in [1.29, 1.82) is 0 Å². The van der Waals surface area contributed by atoms with Gasteiger partial charge in [-0.3, -0.25) is 14.9 Å². The van der Waals surface area contributed by atoms with E-state index in [0.29, 0.717) is 17.1 Å². The van der Waals surface area contributed by atoms with Crippen LogP contribution in [0.1, 0.15) is 15.9 Å². The van der Waals surface area contributed by atoms with Crippen molar-refractivity contribution >= 4 is 23.1 Å². The van der Waals surface area contributed by atoms with Crippen LogP contribution in [-0.2, 0) is 0 Å². The number of nitrogens with zero attached hydrogens (tertiary/aromatic N) is 1. The van der Waals surface area contributed by atoms with Gasteiger partial charge in [0.05, 0.1) is 24.2 Å². The first-order valence-corrected chi connectivity index (χ1v) is 6.56. The van der Waals surface area contributed by atoms with E-state index in [4.69, 9.17) is 21.1 Å². The second kappa shape index (κ2) is 6.44. The van der Waals surface area contributed by atoms with Crippen LogP contribution in [0.5, 0.6) is 11.5 Å². The zero-order valence-electron chi connectivity index (χ0n) is 11.8. The molecule has 0 spiro atoms. The third-order valence-electron chi connectivity index (χ3n) is 3.05. The molecule has 0 amide bonds. The fraction of sp³-hybridized carbons (Fsp3) is 0.133. The molecule has 6 nitrogen and oxygen atoms in total. The van der Waals surface area contributed by atoms with E-state index < -0.39 is 10.7 Å². The lowest BCUT2D eigenvalue weighted by atomic mass is 10.0. The van der Waals surface area contributed by atoms with E-state index >= 15 is 0 Å². The SMILES string of the molecule is COc1ccc(C(=O)c2cc([N+](=O)[O-])ccc2Cl)cc1OC. The lowest BCUT2D eigenvalue weighted by Gasteiger charge is -2.09. The summed E-state index contributed by atoms with van der Waals surface area (Å²) in [7, 11) is 2.93. The molecule has 0 aliphatic rings. The zero-order chi connectivity index (χ0) is 16.3. The average molecular weight is 322 g/mol. The number of ketones is 1. The highest BCUT2D eigenvalue weighted by molar-refractivity contribution is 6.35. The molecule has 2 aromatic rings. The van der Waals surface area contributed by atoms with Gasteiger partial charge >= 0.3 is 0 Å². The molecule has 2 aromatic carbocycles. The largest absolute Gasteiger partial charge is 0.493 e. The monoisotopic (exact) mass is 321 g/mol. The van der Waals surface area contributed by atoms with Crippen molar-refractivity contribution in [2.24, 2.45) is 0 Å². The van der Waals surface area contributed by atoms with E-state index in [1.807, 2.05) is 0 Å². The first kappa shape index (κ1) is 15.8. The Hall–Kier alpha value is -2.60. The van der Waals surface area contributed by atoms with Crippen LogP contribution < -0.4 is 9.47 Å². The third kappa shape index (κ3) is 3.01. The highest BCUT2D eigenvalue weighted by Crippen LogP contribution is 2.30. The molecule has 0 aliphatic carbocycles. The summed E-state index contributed by atoms with van der Waals surface area (Å²) in [4.78, 5) is 22.7. The van der Waals surface area contributed by atoms with Gasteiger partial charge in [0.15, 0.2) is 17.3 Å². The zero-order valence-corrected chi connectivity index (χ0v) is 12.6. The normalized spacial score (nSPS) is 10.1. The molecule has 0 saturated carbocycles. The van der Waals surface area contributed by atoms with Crippen LogP contribution >= 0.6 is 11.6 Å². The number of non-ortho nitro benzene ring substituents is 1. The molecule has 22 heavy (non-hydrogen) atoms. The summed E-state index contributed by atoms with van der Waals surface area (Å²) in [5.41, 5.74) is 0.149. The highest BCUT2D eigenvalue weighted by Gasteiger charge is 2.18. The third-order valence-corrected chi connectivity index (χ3v) is 3.38. The van der Waals surface area contributed by atoms with Crippen LogP contribution in [0.4, 0.5) is 5.69 Å². The minimum Gasteiger partial charge on any atom is -0.493 e. The van der Waals surface area contributed by atoms with Gasteiger partial charge in [0.1, 0.15) is 0 Å². The van der Waals surface area contributed by atoms with E-state index in [2.05, 4.69) is 0 Å². The number of rotatable bonds is 5. The Morgan fingerprint density at radius 3 is 2.36 bits per heavy atom. The molecule has 0 fully saturated rings. The van der Waals surface area contributed by atoms with Crippen LogP contribution in [0.2, 0.25) is 5.02 Å². The topological polar surface area (TPSA) is 78.7 Å². The van der Waals surface area contributed by atoms with Gasteiger partial charge in [-0.25, -0.2) is 0 Å². The fourth-order valence-electron chi connectivity index (χ4n) is 1.93. The van der Waals surface area contributed by atoms with Crippen LogP contribution in [0.15, 0.2) is 36.4 Å². The molecule has 114 valence electrons. The van der Waals surface area contributed by atoms with Crippen molar-refractivity contribution in [1.82, 2.24) is 0 Å². The molecule has 0 radical (unpaired) electrons. The number of methoxy groups -OCH3 is 2. The minimum absolute atomic E-state index is 0.0584. The molecule has 7 heteroatoms. The van der Waals surface area contributed by atoms with Gasteiger partial charge in [-0.15, -0.1) is 0 Å². The number of halogens is 1.